The summed E-state index contributed by atoms with van der Waals surface area (Å²) in [6.45, 7) is 17.2. The first kappa shape index (κ1) is 77.2. The molecular formula is C70H128N2O7S. The Morgan fingerprint density at radius 3 is 0.925 bits per heavy atom. The molecular weight excluding hydrogens is 1010 g/mol. The zero-order valence-corrected chi connectivity index (χ0v) is 54.7. The average molecular weight is 1140 g/mol. The summed E-state index contributed by atoms with van der Waals surface area (Å²) >= 11 is 0. The molecule has 2 aromatic carbocycles. The van der Waals surface area contributed by atoms with Crippen molar-refractivity contribution in [1.82, 2.24) is 0 Å². The summed E-state index contributed by atoms with van der Waals surface area (Å²) in [6, 6.07) is 21.9. The van der Waals surface area contributed by atoms with Crippen LogP contribution in [0.4, 0.5) is 0 Å². The van der Waals surface area contributed by atoms with Gasteiger partial charge in [-0.15, -0.1) is 0 Å². The SMILES string of the molecule is CCCCC(CC)CC(CC(CC)CCCC)(C(=O)[O-])C(C(=O)[O-])S(=O)(=O)O.CCCCCCCCCCCCCCCC[N+](C)(C)Cc1ccccc1.CCCCCCCCCCCCCCCC[N+](C)(C)Cc1ccccc1. The van der Waals surface area contributed by atoms with Gasteiger partial charge in [-0.3, -0.25) is 4.55 Å². The number of aliphatic carboxylic acids is 2. The molecule has 0 radical (unpaired) electrons. The van der Waals surface area contributed by atoms with Crippen molar-refractivity contribution >= 4 is 22.1 Å². The summed E-state index contributed by atoms with van der Waals surface area (Å²) in [5, 5.41) is 21.5. The number of nitrogens with zero attached hydrogens (tertiary/aromatic N) is 2. The fourth-order valence-corrected chi connectivity index (χ4v) is 13.0. The molecule has 0 aliphatic carbocycles. The summed E-state index contributed by atoms with van der Waals surface area (Å²) in [6.07, 6.45) is 45.9. The lowest BCUT2D eigenvalue weighted by Crippen LogP contribution is -2.60. The Balaban J connectivity index is 0.00000117. The molecule has 3 atom stereocenters. The van der Waals surface area contributed by atoms with Gasteiger partial charge < -0.3 is 28.8 Å². The molecule has 2 rings (SSSR count). The van der Waals surface area contributed by atoms with Crippen molar-refractivity contribution in [3.8, 4) is 0 Å². The second kappa shape index (κ2) is 48.6. The Morgan fingerprint density at radius 2 is 0.700 bits per heavy atom. The Hall–Kier alpha value is -2.79. The number of carbonyl (C=O) groups is 2. The molecule has 0 saturated heterocycles. The standard InChI is InChI=1S/2C25H46N.C20H38O7S/c2*1-4-5-6-7-8-9-10-11-12-13-14-15-16-20-23-26(2,3)24-25-21-18-17-19-22-25;1-5-9-11-15(7-3)13-20(19(23)24,14-16(8-4)12-10-6-2)17(18(21)22)28(25,26)27/h2*17-19,21-22H,4-16,20,23-24H2,1-3H3;15-17H,5-14H2,1-4H3,(H,21,22)(H,23,24)(H,25,26,27)/q2*+1;/p-2. The number of hydrogen-bond donors (Lipinski definition) is 1. The van der Waals surface area contributed by atoms with Crippen molar-refractivity contribution < 1.29 is 41.7 Å². The maximum Gasteiger partial charge on any atom is 0.274 e. The van der Waals surface area contributed by atoms with Crippen LogP contribution < -0.4 is 10.2 Å². The van der Waals surface area contributed by atoms with Crippen molar-refractivity contribution in [2.75, 3.05) is 41.3 Å². The molecule has 0 heterocycles. The fraction of sp³-hybridized carbons (Fsp3) is 0.800. The van der Waals surface area contributed by atoms with E-state index >= 15 is 0 Å². The lowest BCUT2D eigenvalue weighted by atomic mass is 9.68. The number of quaternary nitrogens is 2. The second-order valence-electron chi connectivity index (χ2n) is 25.7. The van der Waals surface area contributed by atoms with E-state index in [1.54, 1.807) is 0 Å². The highest BCUT2D eigenvalue weighted by atomic mass is 32.2. The Labute approximate surface area is 495 Å². The maximum atomic E-state index is 12.3. The number of rotatable bonds is 50. The minimum atomic E-state index is -5.20. The lowest BCUT2D eigenvalue weighted by Gasteiger charge is -2.44. The van der Waals surface area contributed by atoms with E-state index in [4.69, 9.17) is 0 Å². The third kappa shape index (κ3) is 40.4. The van der Waals surface area contributed by atoms with E-state index in [2.05, 4.69) is 103 Å². The quantitative estimate of drug-likeness (QED) is 0.0396. The van der Waals surface area contributed by atoms with E-state index in [-0.39, 0.29) is 24.7 Å². The van der Waals surface area contributed by atoms with Crippen LogP contribution in [0.1, 0.15) is 297 Å². The molecule has 0 saturated carbocycles. The fourth-order valence-electron chi connectivity index (χ4n) is 11.9. The molecule has 0 fully saturated rings. The summed E-state index contributed by atoms with van der Waals surface area (Å²) in [5.41, 5.74) is 0.695. The van der Waals surface area contributed by atoms with Crippen LogP contribution in [0.3, 0.4) is 0 Å². The summed E-state index contributed by atoms with van der Waals surface area (Å²) in [5.74, 6) is -4.22. The van der Waals surface area contributed by atoms with Gasteiger partial charge >= 0.3 is 0 Å². The van der Waals surface area contributed by atoms with Gasteiger partial charge in [0.25, 0.3) is 10.1 Å². The number of benzene rings is 2. The van der Waals surface area contributed by atoms with Crippen molar-refractivity contribution in [2.45, 2.75) is 304 Å². The smallest absolute Gasteiger partial charge is 0.274 e. The third-order valence-electron chi connectivity index (χ3n) is 17.0. The highest BCUT2D eigenvalue weighted by Crippen LogP contribution is 2.43. The molecule has 466 valence electrons. The number of carboxylic acid groups (broad SMARTS) is 2. The van der Waals surface area contributed by atoms with Crippen LogP contribution in [0.15, 0.2) is 60.7 Å². The molecule has 0 aromatic heterocycles. The molecule has 1 N–H and O–H groups in total. The van der Waals surface area contributed by atoms with Crippen LogP contribution in [0.2, 0.25) is 0 Å². The normalized spacial score (nSPS) is 13.8. The Kier molecular flexibility index (Phi) is 46.9. The first-order valence-corrected chi connectivity index (χ1v) is 34.9. The molecule has 2 aromatic rings. The van der Waals surface area contributed by atoms with Gasteiger partial charge in [-0.25, -0.2) is 0 Å². The minimum absolute atomic E-state index is 0.174. The molecule has 0 spiro atoms. The second-order valence-corrected chi connectivity index (χ2v) is 27.2. The molecule has 80 heavy (non-hydrogen) atoms. The number of carboxylic acids is 2. The van der Waals surface area contributed by atoms with Crippen molar-refractivity contribution in [1.29, 1.82) is 0 Å². The van der Waals surface area contributed by atoms with Crippen LogP contribution in [-0.2, 0) is 32.8 Å². The van der Waals surface area contributed by atoms with E-state index < -0.39 is 32.7 Å². The predicted molar refractivity (Wildman–Crippen MR) is 338 cm³/mol. The Morgan fingerprint density at radius 1 is 0.438 bits per heavy atom. The van der Waals surface area contributed by atoms with Crippen LogP contribution in [0.5, 0.6) is 0 Å². The van der Waals surface area contributed by atoms with Gasteiger partial charge in [0.2, 0.25) is 0 Å². The first-order valence-electron chi connectivity index (χ1n) is 33.4. The zero-order valence-electron chi connectivity index (χ0n) is 53.9. The van der Waals surface area contributed by atoms with Crippen molar-refractivity contribution in [3.05, 3.63) is 71.8 Å². The molecule has 9 nitrogen and oxygen atoms in total. The van der Waals surface area contributed by atoms with E-state index in [1.165, 1.54) is 204 Å². The van der Waals surface area contributed by atoms with Crippen LogP contribution in [-0.4, -0.2) is 80.4 Å². The number of unbranched alkanes of at least 4 members (excludes halogenated alkanes) is 28. The topological polar surface area (TPSA) is 135 Å². The third-order valence-corrected chi connectivity index (χ3v) is 18.2. The van der Waals surface area contributed by atoms with Crippen LogP contribution in [0, 0.1) is 17.3 Å². The Bertz CT molecular complexity index is 1740. The molecule has 3 unspecified atom stereocenters. The van der Waals surface area contributed by atoms with Gasteiger partial charge in [0.1, 0.15) is 18.3 Å². The molecule has 0 aliphatic rings. The summed E-state index contributed by atoms with van der Waals surface area (Å²) in [4.78, 5) is 24.0. The highest BCUT2D eigenvalue weighted by molar-refractivity contribution is 7.87. The summed E-state index contributed by atoms with van der Waals surface area (Å²) in [7, 11) is 4.28. The van der Waals surface area contributed by atoms with Gasteiger partial charge in [-0.2, -0.15) is 8.42 Å². The predicted octanol–water partition coefficient (Wildman–Crippen LogP) is 17.4. The van der Waals surface area contributed by atoms with Gasteiger partial charge in [-0.05, 0) is 50.4 Å². The van der Waals surface area contributed by atoms with E-state index in [9.17, 15) is 32.8 Å². The largest absolute Gasteiger partial charge is 0.549 e. The average Bonchev–Trinajstić information content (AvgIpc) is 3.41. The van der Waals surface area contributed by atoms with E-state index in [0.29, 0.717) is 25.7 Å². The van der Waals surface area contributed by atoms with Crippen LogP contribution in [0.25, 0.3) is 0 Å². The summed E-state index contributed by atoms with van der Waals surface area (Å²) < 4.78 is 35.7. The van der Waals surface area contributed by atoms with Crippen molar-refractivity contribution in [3.63, 3.8) is 0 Å². The van der Waals surface area contributed by atoms with Gasteiger partial charge in [-0.1, -0.05) is 308 Å². The number of hydrogen-bond acceptors (Lipinski definition) is 6. The van der Waals surface area contributed by atoms with E-state index in [0.717, 1.165) is 47.7 Å². The molecule has 0 aliphatic heterocycles. The molecule has 0 bridgehead atoms. The highest BCUT2D eigenvalue weighted by Gasteiger charge is 2.50. The van der Waals surface area contributed by atoms with Gasteiger partial charge in [0.05, 0.1) is 47.2 Å². The monoisotopic (exact) mass is 1140 g/mol. The van der Waals surface area contributed by atoms with Crippen molar-refractivity contribution in [2.24, 2.45) is 17.3 Å². The molecule has 0 amide bonds. The van der Waals surface area contributed by atoms with Crippen LogP contribution >= 0.6 is 0 Å². The van der Waals surface area contributed by atoms with Gasteiger partial charge in [0, 0.05) is 22.5 Å². The number of carbonyl (C=O) groups excluding carboxylic acids is 2. The van der Waals surface area contributed by atoms with E-state index in [1.807, 2.05) is 27.7 Å². The lowest BCUT2D eigenvalue weighted by molar-refractivity contribution is -0.903. The zero-order chi connectivity index (χ0) is 59.8. The molecule has 10 heteroatoms. The van der Waals surface area contributed by atoms with Gasteiger partial charge in [0.15, 0.2) is 0 Å². The first-order chi connectivity index (χ1) is 38.3. The maximum absolute atomic E-state index is 12.3. The minimum Gasteiger partial charge on any atom is -0.549 e.